The highest BCUT2D eigenvalue weighted by atomic mass is 35.5. The molecule has 1 atom stereocenters. The standard InChI is InChI=1S/C19H19ClN2O4/c1-22-16(8-10-18(22)23)19(24)21-15-11-14(7-9-17(15)25-2)26-13-5-3-12(20)4-6-13/h3-7,9,11,16H,8,10H2,1-2H3,(H,21,24)/t16-/m1/s1. The number of carbonyl (C=O) groups is 2. The molecule has 2 aromatic carbocycles. The Morgan fingerprint density at radius 3 is 2.50 bits per heavy atom. The number of amides is 2. The predicted molar refractivity (Wildman–Crippen MR) is 98.9 cm³/mol. The van der Waals surface area contributed by atoms with E-state index in [4.69, 9.17) is 21.1 Å². The Balaban J connectivity index is 1.78. The lowest BCUT2D eigenvalue weighted by molar-refractivity contribution is -0.131. The van der Waals surface area contributed by atoms with Gasteiger partial charge in [-0.2, -0.15) is 0 Å². The van der Waals surface area contributed by atoms with E-state index in [1.807, 2.05) is 0 Å². The van der Waals surface area contributed by atoms with Crippen LogP contribution in [0, 0.1) is 0 Å². The van der Waals surface area contributed by atoms with E-state index in [0.29, 0.717) is 40.8 Å². The highest BCUT2D eigenvalue weighted by molar-refractivity contribution is 6.30. The number of halogens is 1. The Morgan fingerprint density at radius 1 is 1.19 bits per heavy atom. The highest BCUT2D eigenvalue weighted by Gasteiger charge is 2.33. The third-order valence-electron chi connectivity index (χ3n) is 4.27. The van der Waals surface area contributed by atoms with E-state index in [2.05, 4.69) is 5.32 Å². The number of likely N-dealkylation sites (N-methyl/N-ethyl adjacent to an activating group) is 1. The van der Waals surface area contributed by atoms with Gasteiger partial charge in [0.1, 0.15) is 23.3 Å². The van der Waals surface area contributed by atoms with Gasteiger partial charge in [0, 0.05) is 24.6 Å². The fourth-order valence-electron chi connectivity index (χ4n) is 2.81. The van der Waals surface area contributed by atoms with Crippen LogP contribution >= 0.6 is 11.6 Å². The Labute approximate surface area is 156 Å². The van der Waals surface area contributed by atoms with E-state index in [-0.39, 0.29) is 11.8 Å². The van der Waals surface area contributed by atoms with E-state index in [1.165, 1.54) is 12.0 Å². The second-order valence-corrected chi connectivity index (χ2v) is 6.40. The number of nitrogens with one attached hydrogen (secondary N) is 1. The smallest absolute Gasteiger partial charge is 0.247 e. The molecule has 1 heterocycles. The number of anilines is 1. The van der Waals surface area contributed by atoms with Gasteiger partial charge in [-0.15, -0.1) is 0 Å². The highest BCUT2D eigenvalue weighted by Crippen LogP contribution is 2.32. The van der Waals surface area contributed by atoms with Crippen molar-refractivity contribution in [3.63, 3.8) is 0 Å². The molecule has 136 valence electrons. The second kappa shape index (κ2) is 7.66. The Hall–Kier alpha value is -2.73. The first kappa shape index (κ1) is 18.1. The minimum atomic E-state index is -0.479. The summed E-state index contributed by atoms with van der Waals surface area (Å²) in [5, 5.41) is 3.45. The van der Waals surface area contributed by atoms with Gasteiger partial charge in [-0.3, -0.25) is 9.59 Å². The van der Waals surface area contributed by atoms with Crippen molar-refractivity contribution in [3.05, 3.63) is 47.5 Å². The van der Waals surface area contributed by atoms with Crippen LogP contribution in [0.3, 0.4) is 0 Å². The van der Waals surface area contributed by atoms with Gasteiger partial charge in [0.05, 0.1) is 12.8 Å². The molecule has 1 fully saturated rings. The van der Waals surface area contributed by atoms with Gasteiger partial charge < -0.3 is 19.7 Å². The Morgan fingerprint density at radius 2 is 1.88 bits per heavy atom. The summed E-state index contributed by atoms with van der Waals surface area (Å²) in [5.74, 6) is 1.39. The average Bonchev–Trinajstić information content (AvgIpc) is 2.96. The van der Waals surface area contributed by atoms with Crippen molar-refractivity contribution in [1.82, 2.24) is 4.90 Å². The summed E-state index contributed by atoms with van der Waals surface area (Å²) in [6.45, 7) is 0. The molecule has 0 bridgehead atoms. The maximum absolute atomic E-state index is 12.5. The minimum absolute atomic E-state index is 0.0306. The van der Waals surface area contributed by atoms with Gasteiger partial charge in [0.25, 0.3) is 0 Å². The van der Waals surface area contributed by atoms with Crippen molar-refractivity contribution in [1.29, 1.82) is 0 Å². The van der Waals surface area contributed by atoms with E-state index < -0.39 is 6.04 Å². The van der Waals surface area contributed by atoms with E-state index in [9.17, 15) is 9.59 Å². The number of likely N-dealkylation sites (tertiary alicyclic amines) is 1. The summed E-state index contributed by atoms with van der Waals surface area (Å²) in [6.07, 6.45) is 0.885. The Bertz CT molecular complexity index is 823. The SMILES string of the molecule is COc1ccc(Oc2ccc(Cl)cc2)cc1NC(=O)[C@H]1CCC(=O)N1C. The summed E-state index contributed by atoms with van der Waals surface area (Å²) in [6, 6.07) is 11.6. The van der Waals surface area contributed by atoms with Crippen LogP contribution in [0.15, 0.2) is 42.5 Å². The monoisotopic (exact) mass is 374 g/mol. The second-order valence-electron chi connectivity index (χ2n) is 5.97. The average molecular weight is 375 g/mol. The van der Waals surface area contributed by atoms with E-state index in [0.717, 1.165) is 0 Å². The van der Waals surface area contributed by atoms with Gasteiger partial charge in [-0.05, 0) is 42.8 Å². The van der Waals surface area contributed by atoms with Crippen molar-refractivity contribution < 1.29 is 19.1 Å². The van der Waals surface area contributed by atoms with Gasteiger partial charge in [-0.1, -0.05) is 11.6 Å². The van der Waals surface area contributed by atoms with E-state index in [1.54, 1.807) is 49.5 Å². The number of ether oxygens (including phenoxy) is 2. The summed E-state index contributed by atoms with van der Waals surface area (Å²) in [4.78, 5) is 25.6. The zero-order valence-corrected chi connectivity index (χ0v) is 15.2. The van der Waals surface area contributed by atoms with Crippen LogP contribution in [-0.4, -0.2) is 36.9 Å². The molecule has 2 aromatic rings. The quantitative estimate of drug-likeness (QED) is 0.866. The van der Waals surface area contributed by atoms with Crippen LogP contribution in [0.1, 0.15) is 12.8 Å². The molecule has 1 aliphatic heterocycles. The maximum Gasteiger partial charge on any atom is 0.247 e. The first-order valence-corrected chi connectivity index (χ1v) is 8.53. The van der Waals surface area contributed by atoms with Crippen LogP contribution in [0.4, 0.5) is 5.69 Å². The number of carbonyl (C=O) groups excluding carboxylic acids is 2. The molecule has 7 heteroatoms. The maximum atomic E-state index is 12.5. The lowest BCUT2D eigenvalue weighted by Gasteiger charge is -2.20. The van der Waals surface area contributed by atoms with Crippen molar-refractivity contribution in [2.75, 3.05) is 19.5 Å². The summed E-state index contributed by atoms with van der Waals surface area (Å²) < 4.78 is 11.1. The minimum Gasteiger partial charge on any atom is -0.495 e. The molecule has 3 rings (SSSR count). The third kappa shape index (κ3) is 3.91. The van der Waals surface area contributed by atoms with Crippen molar-refractivity contribution in [2.45, 2.75) is 18.9 Å². The molecule has 6 nitrogen and oxygen atoms in total. The summed E-state index contributed by atoms with van der Waals surface area (Å²) in [7, 11) is 3.16. The Kier molecular flexibility index (Phi) is 5.32. The van der Waals surface area contributed by atoms with E-state index >= 15 is 0 Å². The van der Waals surface area contributed by atoms with Crippen molar-refractivity contribution >= 4 is 29.1 Å². The van der Waals surface area contributed by atoms with Crippen molar-refractivity contribution in [2.24, 2.45) is 0 Å². The zero-order chi connectivity index (χ0) is 18.7. The third-order valence-corrected chi connectivity index (χ3v) is 4.53. The number of methoxy groups -OCH3 is 1. The zero-order valence-electron chi connectivity index (χ0n) is 14.5. The molecule has 1 N–H and O–H groups in total. The van der Waals surface area contributed by atoms with Gasteiger partial charge in [0.2, 0.25) is 11.8 Å². The fraction of sp³-hybridized carbons (Fsp3) is 0.263. The molecule has 0 radical (unpaired) electrons. The van der Waals surface area contributed by atoms with Gasteiger partial charge in [0.15, 0.2) is 0 Å². The molecule has 26 heavy (non-hydrogen) atoms. The molecule has 0 saturated carbocycles. The number of benzene rings is 2. The molecule has 1 saturated heterocycles. The summed E-state index contributed by atoms with van der Waals surface area (Å²) >= 11 is 5.87. The first-order valence-electron chi connectivity index (χ1n) is 8.16. The van der Waals surface area contributed by atoms with Crippen LogP contribution < -0.4 is 14.8 Å². The normalized spacial score (nSPS) is 16.5. The first-order chi connectivity index (χ1) is 12.5. The molecule has 0 aromatic heterocycles. The molecular weight excluding hydrogens is 356 g/mol. The largest absolute Gasteiger partial charge is 0.495 e. The lowest BCUT2D eigenvalue weighted by atomic mass is 10.2. The molecule has 2 amide bonds. The molecule has 0 unspecified atom stereocenters. The van der Waals surface area contributed by atoms with Crippen molar-refractivity contribution in [3.8, 4) is 17.2 Å². The number of rotatable bonds is 5. The van der Waals surface area contributed by atoms with Crippen LogP contribution in [0.5, 0.6) is 17.2 Å². The number of nitrogens with zero attached hydrogens (tertiary/aromatic N) is 1. The summed E-state index contributed by atoms with van der Waals surface area (Å²) in [5.41, 5.74) is 0.483. The molecule has 1 aliphatic rings. The van der Waals surface area contributed by atoms with Crippen LogP contribution in [0.2, 0.25) is 5.02 Å². The topological polar surface area (TPSA) is 67.9 Å². The predicted octanol–water partition coefficient (Wildman–Crippen LogP) is 3.70. The van der Waals surface area contributed by atoms with Crippen LogP contribution in [0.25, 0.3) is 0 Å². The number of hydrogen-bond donors (Lipinski definition) is 1. The lowest BCUT2D eigenvalue weighted by Crippen LogP contribution is -2.38. The van der Waals surface area contributed by atoms with Gasteiger partial charge >= 0.3 is 0 Å². The van der Waals surface area contributed by atoms with Crippen LogP contribution in [-0.2, 0) is 9.59 Å². The van der Waals surface area contributed by atoms with Gasteiger partial charge in [-0.25, -0.2) is 0 Å². The fourth-order valence-corrected chi connectivity index (χ4v) is 2.94. The molecule has 0 spiro atoms. The number of hydrogen-bond acceptors (Lipinski definition) is 4. The molecular formula is C19H19ClN2O4. The molecule has 0 aliphatic carbocycles.